The van der Waals surface area contributed by atoms with Crippen molar-refractivity contribution in [2.45, 2.75) is 59.2 Å². The number of aromatic amines is 1. The van der Waals surface area contributed by atoms with Crippen LogP contribution in [0.25, 0.3) is 10.9 Å². The van der Waals surface area contributed by atoms with Crippen LogP contribution in [-0.4, -0.2) is 69.0 Å². The second-order valence-electron chi connectivity index (χ2n) is 11.1. The van der Waals surface area contributed by atoms with Gasteiger partial charge >= 0.3 is 0 Å². The SMILES string of the molecule is Cc1ccc(C)c(N2CCN([C@H](c3cc4c(C)ccc(C)c4[nH]c3=O)c3nnnn3C[C@@H]3CCCO3)CC2)c1. The van der Waals surface area contributed by atoms with Gasteiger partial charge in [0.2, 0.25) is 0 Å². The number of fused-ring (bicyclic) bond motifs is 1. The summed E-state index contributed by atoms with van der Waals surface area (Å²) in [7, 11) is 0. The van der Waals surface area contributed by atoms with Crippen LogP contribution in [0.1, 0.15) is 52.5 Å². The zero-order chi connectivity index (χ0) is 27.1. The Balaban J connectivity index is 1.39. The molecular formula is C30H37N7O2. The summed E-state index contributed by atoms with van der Waals surface area (Å²) < 4.78 is 7.75. The van der Waals surface area contributed by atoms with Crippen LogP contribution < -0.4 is 10.5 Å². The third-order valence-corrected chi connectivity index (χ3v) is 8.36. The molecule has 0 unspecified atom stereocenters. The van der Waals surface area contributed by atoms with Gasteiger partial charge in [-0.05, 0) is 85.3 Å². The lowest BCUT2D eigenvalue weighted by Gasteiger charge is -2.40. The van der Waals surface area contributed by atoms with Crippen LogP contribution in [0.4, 0.5) is 5.69 Å². The molecule has 4 heterocycles. The van der Waals surface area contributed by atoms with Crippen molar-refractivity contribution in [2.24, 2.45) is 0 Å². The number of hydrogen-bond acceptors (Lipinski definition) is 7. The number of tetrazole rings is 1. The van der Waals surface area contributed by atoms with E-state index >= 15 is 0 Å². The Labute approximate surface area is 228 Å². The molecule has 2 saturated heterocycles. The summed E-state index contributed by atoms with van der Waals surface area (Å²) in [5.74, 6) is 0.695. The third-order valence-electron chi connectivity index (χ3n) is 8.36. The number of hydrogen-bond donors (Lipinski definition) is 1. The zero-order valence-electron chi connectivity index (χ0n) is 23.3. The van der Waals surface area contributed by atoms with Crippen molar-refractivity contribution < 1.29 is 4.74 Å². The van der Waals surface area contributed by atoms with Crippen molar-refractivity contribution in [3.8, 4) is 0 Å². The standard InChI is InChI=1S/C30H37N7O2/c1-19-7-8-21(3)26(16-19)35-11-13-36(14-12-35)28(29-32-33-34-37(29)18-23-6-5-15-39-23)25-17-24-20(2)9-10-22(4)27(24)31-30(25)38/h7-10,16-17,23,28H,5-6,11-15,18H2,1-4H3,(H,31,38)/t23-,28+/m0/s1. The number of pyridine rings is 1. The lowest BCUT2D eigenvalue weighted by molar-refractivity contribution is 0.0906. The van der Waals surface area contributed by atoms with E-state index in [0.717, 1.165) is 67.7 Å². The fraction of sp³-hybridized carbons (Fsp3) is 0.467. The molecule has 9 heteroatoms. The van der Waals surface area contributed by atoms with Crippen molar-refractivity contribution in [1.82, 2.24) is 30.1 Å². The lowest BCUT2D eigenvalue weighted by atomic mass is 9.99. The number of H-pyrrole nitrogens is 1. The molecule has 2 fully saturated rings. The monoisotopic (exact) mass is 527 g/mol. The van der Waals surface area contributed by atoms with E-state index in [4.69, 9.17) is 4.74 Å². The third kappa shape index (κ3) is 4.96. The predicted molar refractivity (Wildman–Crippen MR) is 152 cm³/mol. The van der Waals surface area contributed by atoms with Gasteiger partial charge in [-0.3, -0.25) is 9.69 Å². The average Bonchev–Trinajstić information content (AvgIpc) is 3.62. The molecule has 6 rings (SSSR count). The Morgan fingerprint density at radius 2 is 1.77 bits per heavy atom. The first-order valence-electron chi connectivity index (χ1n) is 14.0. The van der Waals surface area contributed by atoms with Crippen LogP contribution in [0.3, 0.4) is 0 Å². The highest BCUT2D eigenvalue weighted by molar-refractivity contribution is 5.85. The van der Waals surface area contributed by atoms with Crippen molar-refractivity contribution >= 4 is 16.6 Å². The Morgan fingerprint density at radius 3 is 2.54 bits per heavy atom. The highest BCUT2D eigenvalue weighted by atomic mass is 16.5. The molecule has 2 aromatic heterocycles. The molecule has 1 N–H and O–H groups in total. The van der Waals surface area contributed by atoms with Gasteiger partial charge < -0.3 is 14.6 Å². The summed E-state index contributed by atoms with van der Waals surface area (Å²) in [6.45, 7) is 13.1. The van der Waals surface area contributed by atoms with Gasteiger partial charge in [-0.2, -0.15) is 0 Å². The van der Waals surface area contributed by atoms with E-state index in [1.54, 1.807) is 0 Å². The molecule has 0 radical (unpaired) electrons. The maximum atomic E-state index is 13.7. The van der Waals surface area contributed by atoms with Gasteiger partial charge in [0.1, 0.15) is 6.04 Å². The maximum Gasteiger partial charge on any atom is 0.253 e. The highest BCUT2D eigenvalue weighted by Gasteiger charge is 2.34. The van der Waals surface area contributed by atoms with Crippen LogP contribution in [-0.2, 0) is 11.3 Å². The molecule has 204 valence electrons. The number of rotatable bonds is 6. The molecule has 0 spiro atoms. The number of aromatic nitrogens is 5. The Morgan fingerprint density at radius 1 is 1.00 bits per heavy atom. The first-order valence-corrected chi connectivity index (χ1v) is 14.0. The molecule has 2 aromatic carbocycles. The molecule has 9 nitrogen and oxygen atoms in total. The van der Waals surface area contributed by atoms with Crippen molar-refractivity contribution in [3.05, 3.63) is 80.4 Å². The maximum absolute atomic E-state index is 13.7. The molecule has 2 aliphatic heterocycles. The summed E-state index contributed by atoms with van der Waals surface area (Å²) in [6.07, 6.45) is 2.14. The first kappa shape index (κ1) is 25.7. The molecule has 0 saturated carbocycles. The summed E-state index contributed by atoms with van der Waals surface area (Å²) in [6, 6.07) is 12.5. The Hall–Kier alpha value is -3.56. The van der Waals surface area contributed by atoms with Crippen LogP contribution in [0.15, 0.2) is 41.2 Å². The molecular weight excluding hydrogens is 490 g/mol. The van der Waals surface area contributed by atoms with Gasteiger partial charge in [-0.1, -0.05) is 24.3 Å². The summed E-state index contributed by atoms with van der Waals surface area (Å²) >= 11 is 0. The minimum absolute atomic E-state index is 0.0915. The molecule has 0 aliphatic carbocycles. The lowest BCUT2D eigenvalue weighted by Crippen LogP contribution is -2.49. The van der Waals surface area contributed by atoms with Crippen molar-refractivity contribution in [3.63, 3.8) is 0 Å². The number of nitrogens with one attached hydrogen (secondary N) is 1. The quantitative estimate of drug-likeness (QED) is 0.407. The van der Waals surface area contributed by atoms with E-state index in [0.29, 0.717) is 17.9 Å². The Bertz CT molecular complexity index is 1540. The molecule has 2 atom stereocenters. The van der Waals surface area contributed by atoms with Gasteiger partial charge in [0.25, 0.3) is 5.56 Å². The van der Waals surface area contributed by atoms with E-state index in [1.807, 2.05) is 11.6 Å². The number of ether oxygens (including phenoxy) is 1. The second-order valence-corrected chi connectivity index (χ2v) is 11.1. The van der Waals surface area contributed by atoms with Gasteiger partial charge in [-0.25, -0.2) is 4.68 Å². The van der Waals surface area contributed by atoms with Gasteiger partial charge in [-0.15, -0.1) is 5.10 Å². The number of piperazine rings is 1. The van der Waals surface area contributed by atoms with Crippen molar-refractivity contribution in [1.29, 1.82) is 0 Å². The van der Waals surface area contributed by atoms with E-state index in [9.17, 15) is 4.79 Å². The molecule has 2 aliphatic rings. The molecule has 0 bridgehead atoms. The highest BCUT2D eigenvalue weighted by Crippen LogP contribution is 2.31. The van der Waals surface area contributed by atoms with Crippen LogP contribution in [0.2, 0.25) is 0 Å². The van der Waals surface area contributed by atoms with E-state index in [-0.39, 0.29) is 17.7 Å². The van der Waals surface area contributed by atoms with E-state index < -0.39 is 0 Å². The number of benzene rings is 2. The minimum Gasteiger partial charge on any atom is -0.376 e. The first-order chi connectivity index (χ1) is 18.9. The average molecular weight is 528 g/mol. The Kier molecular flexibility index (Phi) is 6.95. The predicted octanol–water partition coefficient (Wildman–Crippen LogP) is 3.84. The summed E-state index contributed by atoms with van der Waals surface area (Å²) in [5, 5.41) is 14.0. The number of nitrogens with zero attached hydrogens (tertiary/aromatic N) is 6. The summed E-state index contributed by atoms with van der Waals surface area (Å²) in [5.41, 5.74) is 7.49. The van der Waals surface area contributed by atoms with Gasteiger partial charge in [0, 0.05) is 49.4 Å². The van der Waals surface area contributed by atoms with Crippen LogP contribution in [0.5, 0.6) is 0 Å². The molecule has 4 aromatic rings. The molecule has 39 heavy (non-hydrogen) atoms. The van der Waals surface area contributed by atoms with Crippen LogP contribution in [0, 0.1) is 27.7 Å². The zero-order valence-corrected chi connectivity index (χ0v) is 23.3. The fourth-order valence-electron chi connectivity index (χ4n) is 6.09. The van der Waals surface area contributed by atoms with Gasteiger partial charge in [0.05, 0.1) is 18.2 Å². The van der Waals surface area contributed by atoms with E-state index in [1.165, 1.54) is 16.8 Å². The largest absolute Gasteiger partial charge is 0.376 e. The van der Waals surface area contributed by atoms with Crippen molar-refractivity contribution in [2.75, 3.05) is 37.7 Å². The minimum atomic E-state index is -0.366. The fourth-order valence-corrected chi connectivity index (χ4v) is 6.09. The second kappa shape index (κ2) is 10.5. The number of anilines is 1. The smallest absolute Gasteiger partial charge is 0.253 e. The normalized spacial score (nSPS) is 19.2. The van der Waals surface area contributed by atoms with E-state index in [2.05, 4.69) is 87.5 Å². The molecule has 0 amide bonds. The van der Waals surface area contributed by atoms with Crippen LogP contribution >= 0.6 is 0 Å². The van der Waals surface area contributed by atoms with Gasteiger partial charge in [0.15, 0.2) is 5.82 Å². The summed E-state index contributed by atoms with van der Waals surface area (Å²) in [4.78, 5) is 21.7. The number of aryl methyl sites for hydroxylation is 4. The topological polar surface area (TPSA) is 92.2 Å².